The summed E-state index contributed by atoms with van der Waals surface area (Å²) < 4.78 is 1.32. The van der Waals surface area contributed by atoms with Crippen molar-refractivity contribution in [2.24, 2.45) is 4.99 Å². The van der Waals surface area contributed by atoms with Crippen molar-refractivity contribution in [3.63, 3.8) is 0 Å². The van der Waals surface area contributed by atoms with E-state index in [2.05, 4.69) is 26.8 Å². The summed E-state index contributed by atoms with van der Waals surface area (Å²) in [6.45, 7) is 3.37. The van der Waals surface area contributed by atoms with Crippen LogP contribution in [0.1, 0.15) is 5.56 Å². The van der Waals surface area contributed by atoms with Gasteiger partial charge in [0.15, 0.2) is 11.6 Å². The zero-order valence-electron chi connectivity index (χ0n) is 8.70. The summed E-state index contributed by atoms with van der Waals surface area (Å²) in [7, 11) is 0. The van der Waals surface area contributed by atoms with Crippen molar-refractivity contribution in [2.75, 3.05) is 11.5 Å². The standard InChI is InChI=1S/C9H8N8/c1-13-8-5(3-10)4-14-17(8)7-2-6(11)15-9(12)16-7/h2,4H,1H2,(H4,11,12,15,16). The summed E-state index contributed by atoms with van der Waals surface area (Å²) in [5.74, 6) is 0.837. The number of aliphatic imine (C=N–C) groups is 1. The average molecular weight is 228 g/mol. The Morgan fingerprint density at radius 1 is 1.41 bits per heavy atom. The fourth-order valence-electron chi connectivity index (χ4n) is 1.32. The third-order valence-electron chi connectivity index (χ3n) is 1.98. The van der Waals surface area contributed by atoms with Gasteiger partial charge in [0.1, 0.15) is 17.5 Å². The van der Waals surface area contributed by atoms with Crippen molar-refractivity contribution in [3.05, 3.63) is 17.8 Å². The predicted molar refractivity (Wildman–Crippen MR) is 61.9 cm³/mol. The average Bonchev–Trinajstić information content (AvgIpc) is 2.70. The van der Waals surface area contributed by atoms with Crippen molar-refractivity contribution in [1.82, 2.24) is 19.7 Å². The molecule has 17 heavy (non-hydrogen) atoms. The predicted octanol–water partition coefficient (Wildman–Crippen LogP) is 0.0305. The minimum Gasteiger partial charge on any atom is -0.383 e. The zero-order valence-corrected chi connectivity index (χ0v) is 8.70. The molecule has 0 bridgehead atoms. The molecule has 8 heteroatoms. The first kappa shape index (κ1) is 10.6. The topological polar surface area (TPSA) is 132 Å². The lowest BCUT2D eigenvalue weighted by molar-refractivity contribution is 0.845. The van der Waals surface area contributed by atoms with Gasteiger partial charge in [0.2, 0.25) is 5.95 Å². The molecule has 0 spiro atoms. The lowest BCUT2D eigenvalue weighted by atomic mass is 10.3. The second-order valence-electron chi connectivity index (χ2n) is 3.07. The molecule has 0 radical (unpaired) electrons. The molecular formula is C9H8N8. The second kappa shape index (κ2) is 3.90. The molecule has 2 heterocycles. The van der Waals surface area contributed by atoms with Gasteiger partial charge in [-0.2, -0.15) is 25.0 Å². The first-order chi connectivity index (χ1) is 8.15. The number of aromatic nitrogens is 4. The van der Waals surface area contributed by atoms with Crippen LogP contribution in [0.25, 0.3) is 5.82 Å². The maximum atomic E-state index is 8.85. The molecule has 0 saturated carbocycles. The van der Waals surface area contributed by atoms with Crippen LogP contribution >= 0.6 is 0 Å². The molecule has 0 saturated heterocycles. The quantitative estimate of drug-likeness (QED) is 0.697. The molecule has 4 N–H and O–H groups in total. The number of hydrogen-bond donors (Lipinski definition) is 2. The molecular weight excluding hydrogens is 220 g/mol. The number of nitrogen functional groups attached to an aromatic ring is 2. The number of nitrogens with two attached hydrogens (primary N) is 2. The molecule has 0 atom stereocenters. The van der Waals surface area contributed by atoms with Gasteiger partial charge in [-0.05, 0) is 6.72 Å². The highest BCUT2D eigenvalue weighted by Crippen LogP contribution is 2.21. The van der Waals surface area contributed by atoms with Gasteiger partial charge < -0.3 is 11.5 Å². The minimum atomic E-state index is 0.0176. The first-order valence-electron chi connectivity index (χ1n) is 4.51. The normalized spacial score (nSPS) is 9.82. The molecule has 0 fully saturated rings. The molecule has 0 aliphatic carbocycles. The van der Waals surface area contributed by atoms with Crippen LogP contribution < -0.4 is 11.5 Å². The fourth-order valence-corrected chi connectivity index (χ4v) is 1.32. The van der Waals surface area contributed by atoms with Gasteiger partial charge >= 0.3 is 0 Å². The third kappa shape index (κ3) is 1.76. The molecule has 2 rings (SSSR count). The highest BCUT2D eigenvalue weighted by molar-refractivity contribution is 5.56. The van der Waals surface area contributed by atoms with Gasteiger partial charge in [0.05, 0.1) is 6.20 Å². The Bertz CT molecular complexity index is 600. The van der Waals surface area contributed by atoms with E-state index in [-0.39, 0.29) is 23.1 Å². The van der Waals surface area contributed by atoms with Gasteiger partial charge in [0, 0.05) is 6.07 Å². The number of rotatable bonds is 2. The molecule has 84 valence electrons. The van der Waals surface area contributed by atoms with Gasteiger partial charge in [-0.15, -0.1) is 0 Å². The maximum absolute atomic E-state index is 8.85. The van der Waals surface area contributed by atoms with E-state index in [0.717, 1.165) is 0 Å². The molecule has 0 unspecified atom stereocenters. The van der Waals surface area contributed by atoms with Crippen LogP contribution in [0.2, 0.25) is 0 Å². The van der Waals surface area contributed by atoms with E-state index in [1.807, 2.05) is 6.07 Å². The van der Waals surface area contributed by atoms with Crippen molar-refractivity contribution in [3.8, 4) is 11.9 Å². The summed E-state index contributed by atoms with van der Waals surface area (Å²) in [5, 5.41) is 12.8. The Labute approximate surface area is 96.2 Å². The lowest BCUT2D eigenvalue weighted by Gasteiger charge is -2.04. The van der Waals surface area contributed by atoms with E-state index < -0.39 is 0 Å². The second-order valence-corrected chi connectivity index (χ2v) is 3.07. The summed E-state index contributed by atoms with van der Waals surface area (Å²) >= 11 is 0. The number of anilines is 2. The van der Waals surface area contributed by atoms with E-state index in [1.165, 1.54) is 16.9 Å². The molecule has 2 aromatic heterocycles. The lowest BCUT2D eigenvalue weighted by Crippen LogP contribution is -2.06. The van der Waals surface area contributed by atoms with Crippen molar-refractivity contribution < 1.29 is 0 Å². The molecule has 0 aliphatic heterocycles. The number of nitriles is 1. The van der Waals surface area contributed by atoms with Crippen LogP contribution in [0, 0.1) is 11.3 Å². The van der Waals surface area contributed by atoms with Crippen molar-refractivity contribution in [1.29, 1.82) is 5.26 Å². The Kier molecular flexibility index (Phi) is 2.42. The Hall–Kier alpha value is -2.95. The highest BCUT2D eigenvalue weighted by atomic mass is 15.3. The fraction of sp³-hybridized carbons (Fsp3) is 0. The number of nitrogens with zero attached hydrogens (tertiary/aromatic N) is 6. The molecule has 0 aliphatic rings. The Morgan fingerprint density at radius 3 is 2.76 bits per heavy atom. The smallest absolute Gasteiger partial charge is 0.224 e. The largest absolute Gasteiger partial charge is 0.383 e. The van der Waals surface area contributed by atoms with E-state index in [1.54, 1.807) is 0 Å². The van der Waals surface area contributed by atoms with Crippen LogP contribution in [0.3, 0.4) is 0 Å². The van der Waals surface area contributed by atoms with Crippen LogP contribution in [-0.4, -0.2) is 26.5 Å². The van der Waals surface area contributed by atoms with Crippen LogP contribution in [-0.2, 0) is 0 Å². The highest BCUT2D eigenvalue weighted by Gasteiger charge is 2.12. The van der Waals surface area contributed by atoms with Crippen LogP contribution in [0.4, 0.5) is 17.6 Å². The van der Waals surface area contributed by atoms with Gasteiger partial charge in [-0.1, -0.05) is 0 Å². The molecule has 8 nitrogen and oxygen atoms in total. The summed E-state index contributed by atoms with van der Waals surface area (Å²) in [6, 6.07) is 3.41. The van der Waals surface area contributed by atoms with Gasteiger partial charge in [-0.25, -0.2) is 4.99 Å². The molecule has 0 aromatic carbocycles. The van der Waals surface area contributed by atoms with Crippen molar-refractivity contribution >= 4 is 24.3 Å². The Balaban J connectivity index is 2.65. The minimum absolute atomic E-state index is 0.0176. The van der Waals surface area contributed by atoms with Gasteiger partial charge in [0.25, 0.3) is 0 Å². The van der Waals surface area contributed by atoms with Crippen molar-refractivity contribution in [2.45, 2.75) is 0 Å². The molecule has 2 aromatic rings. The number of hydrogen-bond acceptors (Lipinski definition) is 7. The maximum Gasteiger partial charge on any atom is 0.224 e. The first-order valence-corrected chi connectivity index (χ1v) is 4.51. The molecule has 0 amide bonds. The summed E-state index contributed by atoms with van der Waals surface area (Å²) in [5.41, 5.74) is 11.3. The summed E-state index contributed by atoms with van der Waals surface area (Å²) in [6.07, 6.45) is 1.36. The van der Waals surface area contributed by atoms with E-state index in [4.69, 9.17) is 16.7 Å². The van der Waals surface area contributed by atoms with Gasteiger partial charge in [-0.3, -0.25) is 0 Å². The van der Waals surface area contributed by atoms with E-state index in [0.29, 0.717) is 5.82 Å². The van der Waals surface area contributed by atoms with E-state index >= 15 is 0 Å². The zero-order chi connectivity index (χ0) is 12.4. The van der Waals surface area contributed by atoms with Crippen LogP contribution in [0.15, 0.2) is 17.3 Å². The summed E-state index contributed by atoms with van der Waals surface area (Å²) in [4.78, 5) is 11.4. The SMILES string of the molecule is C=Nc1c(C#N)cnn1-c1cc(N)nc(N)n1. The third-order valence-corrected chi connectivity index (χ3v) is 1.98. The monoisotopic (exact) mass is 228 g/mol. The van der Waals surface area contributed by atoms with Crippen LogP contribution in [0.5, 0.6) is 0 Å². The van der Waals surface area contributed by atoms with E-state index in [9.17, 15) is 0 Å². The Morgan fingerprint density at radius 2 is 2.18 bits per heavy atom.